The maximum Gasteiger partial charge on any atom is 0.325 e. The zero-order valence-corrected chi connectivity index (χ0v) is 17.0. The van der Waals surface area contributed by atoms with Gasteiger partial charge in [-0.3, -0.25) is 19.2 Å². The Balaban J connectivity index is 2.01. The van der Waals surface area contributed by atoms with E-state index in [4.69, 9.17) is 10.8 Å². The Morgan fingerprint density at radius 2 is 1.93 bits per heavy atom. The van der Waals surface area contributed by atoms with Crippen LogP contribution in [0.1, 0.15) is 51.9 Å². The van der Waals surface area contributed by atoms with Crippen molar-refractivity contribution in [2.24, 2.45) is 5.73 Å². The average molecular weight is 412 g/mol. The maximum absolute atomic E-state index is 12.9. The Hall–Kier alpha value is -2.20. The lowest BCUT2D eigenvalue weighted by atomic mass is 10.1. The summed E-state index contributed by atoms with van der Waals surface area (Å²) in [5, 5.41) is 17.3. The minimum atomic E-state index is -1.15. The molecule has 0 aromatic heterocycles. The molecule has 2 rings (SSSR count). The molecule has 2 aliphatic heterocycles. The molecule has 6 N–H and O–H groups in total. The highest BCUT2D eigenvalue weighted by atomic mass is 16.4. The Morgan fingerprint density at radius 3 is 2.55 bits per heavy atom. The van der Waals surface area contributed by atoms with Crippen molar-refractivity contribution in [3.8, 4) is 0 Å². The van der Waals surface area contributed by atoms with Crippen molar-refractivity contribution in [2.45, 2.75) is 76.0 Å². The average Bonchev–Trinajstić information content (AvgIpc) is 3.38. The number of carboxylic acids is 1. The zero-order valence-electron chi connectivity index (χ0n) is 17.0. The highest BCUT2D eigenvalue weighted by molar-refractivity contribution is 5.94. The maximum atomic E-state index is 12.9. The second-order valence-electron chi connectivity index (χ2n) is 7.75. The van der Waals surface area contributed by atoms with Crippen LogP contribution in [0.15, 0.2) is 0 Å². The second-order valence-corrected chi connectivity index (χ2v) is 7.75. The number of carboxylic acid groups (broad SMARTS) is 1. The number of nitrogens with one attached hydrogen (secondary N) is 3. The van der Waals surface area contributed by atoms with E-state index in [1.54, 1.807) is 4.90 Å². The van der Waals surface area contributed by atoms with E-state index < -0.39 is 30.0 Å². The molecule has 2 saturated heterocycles. The van der Waals surface area contributed by atoms with Gasteiger partial charge in [-0.15, -0.1) is 0 Å². The van der Waals surface area contributed by atoms with Crippen LogP contribution >= 0.6 is 0 Å². The summed E-state index contributed by atoms with van der Waals surface area (Å²) in [7, 11) is 0. The zero-order chi connectivity index (χ0) is 21.4. The van der Waals surface area contributed by atoms with Crippen LogP contribution in [0.3, 0.4) is 0 Å². The number of nitrogens with zero attached hydrogens (tertiary/aromatic N) is 1. The number of carbonyl (C=O) groups excluding carboxylic acids is 3. The number of aliphatic carboxylic acids is 1. The molecule has 0 saturated carbocycles. The fourth-order valence-electron chi connectivity index (χ4n) is 3.80. The summed E-state index contributed by atoms with van der Waals surface area (Å²) < 4.78 is 0. The largest absolute Gasteiger partial charge is 0.480 e. The summed E-state index contributed by atoms with van der Waals surface area (Å²) in [6.07, 6.45) is 4.65. The predicted molar refractivity (Wildman–Crippen MR) is 106 cm³/mol. The molecule has 0 aromatic carbocycles. The third-order valence-corrected chi connectivity index (χ3v) is 5.51. The lowest BCUT2D eigenvalue weighted by Gasteiger charge is -2.28. The topological polar surface area (TPSA) is 154 Å². The summed E-state index contributed by atoms with van der Waals surface area (Å²) in [5.41, 5.74) is 5.51. The van der Waals surface area contributed by atoms with Crippen LogP contribution in [0.2, 0.25) is 0 Å². The van der Waals surface area contributed by atoms with Gasteiger partial charge in [0.25, 0.3) is 0 Å². The van der Waals surface area contributed by atoms with Crippen LogP contribution in [0, 0.1) is 0 Å². The van der Waals surface area contributed by atoms with Crippen LogP contribution in [0.25, 0.3) is 0 Å². The fraction of sp³-hybridized carbons (Fsp3) is 0.789. The number of hydrogen-bond donors (Lipinski definition) is 5. The van der Waals surface area contributed by atoms with Crippen LogP contribution in [0.5, 0.6) is 0 Å². The molecule has 2 heterocycles. The fourth-order valence-corrected chi connectivity index (χ4v) is 3.80. The van der Waals surface area contributed by atoms with E-state index in [1.807, 2.05) is 0 Å². The number of amides is 3. The first-order valence-corrected chi connectivity index (χ1v) is 10.4. The molecule has 2 fully saturated rings. The van der Waals surface area contributed by atoms with Crippen molar-refractivity contribution in [3.63, 3.8) is 0 Å². The lowest BCUT2D eigenvalue weighted by Crippen LogP contribution is -2.56. The van der Waals surface area contributed by atoms with Gasteiger partial charge in [0, 0.05) is 6.54 Å². The molecular weight excluding hydrogens is 378 g/mol. The number of likely N-dealkylation sites (tertiary alicyclic amines) is 1. The monoisotopic (exact) mass is 411 g/mol. The van der Waals surface area contributed by atoms with E-state index in [0.717, 1.165) is 25.8 Å². The van der Waals surface area contributed by atoms with Gasteiger partial charge in [-0.1, -0.05) is 0 Å². The first-order valence-electron chi connectivity index (χ1n) is 10.4. The summed E-state index contributed by atoms with van der Waals surface area (Å²) in [4.78, 5) is 50.8. The molecular formula is C19H33N5O5. The van der Waals surface area contributed by atoms with Crippen molar-refractivity contribution in [1.82, 2.24) is 20.9 Å². The lowest BCUT2D eigenvalue weighted by molar-refractivity contribution is -0.142. The normalized spacial score (nSPS) is 23.4. The molecule has 0 radical (unpaired) electrons. The van der Waals surface area contributed by atoms with Crippen LogP contribution < -0.4 is 21.7 Å². The van der Waals surface area contributed by atoms with Crippen LogP contribution in [-0.4, -0.2) is 77.5 Å². The van der Waals surface area contributed by atoms with E-state index >= 15 is 0 Å². The molecule has 3 amide bonds. The Labute approximate surface area is 170 Å². The molecule has 0 spiro atoms. The van der Waals surface area contributed by atoms with Gasteiger partial charge >= 0.3 is 5.97 Å². The van der Waals surface area contributed by atoms with Crippen LogP contribution in [-0.2, 0) is 19.2 Å². The van der Waals surface area contributed by atoms with Gasteiger partial charge in [-0.05, 0) is 65.0 Å². The quantitative estimate of drug-likeness (QED) is 0.287. The molecule has 0 aliphatic carbocycles. The first kappa shape index (κ1) is 23.1. The molecule has 4 atom stereocenters. The first-order chi connectivity index (χ1) is 13.8. The summed E-state index contributed by atoms with van der Waals surface area (Å²) in [6, 6.07) is -2.78. The number of nitrogens with two attached hydrogens (primary N) is 1. The number of carbonyl (C=O) groups is 4. The minimum Gasteiger partial charge on any atom is -0.480 e. The van der Waals surface area contributed by atoms with E-state index in [-0.39, 0.29) is 17.9 Å². The number of unbranched alkanes of at least 4 members (excludes halogenated alkanes) is 1. The van der Waals surface area contributed by atoms with Crippen molar-refractivity contribution in [1.29, 1.82) is 0 Å². The molecule has 4 unspecified atom stereocenters. The smallest absolute Gasteiger partial charge is 0.325 e. The van der Waals surface area contributed by atoms with Crippen molar-refractivity contribution in [2.75, 3.05) is 19.6 Å². The highest BCUT2D eigenvalue weighted by Gasteiger charge is 2.39. The number of hydrogen-bond acceptors (Lipinski definition) is 6. The highest BCUT2D eigenvalue weighted by Crippen LogP contribution is 2.21. The predicted octanol–water partition coefficient (Wildman–Crippen LogP) is -1.07. The second kappa shape index (κ2) is 11.1. The van der Waals surface area contributed by atoms with Gasteiger partial charge in [0.1, 0.15) is 18.1 Å². The van der Waals surface area contributed by atoms with Crippen LogP contribution in [0.4, 0.5) is 0 Å². The summed E-state index contributed by atoms with van der Waals surface area (Å²) in [6.45, 7) is 3.15. The molecule has 10 nitrogen and oxygen atoms in total. The summed E-state index contributed by atoms with van der Waals surface area (Å²) in [5.74, 6) is -2.13. The van der Waals surface area contributed by atoms with Crippen molar-refractivity contribution in [3.05, 3.63) is 0 Å². The molecule has 29 heavy (non-hydrogen) atoms. The third-order valence-electron chi connectivity index (χ3n) is 5.51. The van der Waals surface area contributed by atoms with Crippen molar-refractivity contribution < 1.29 is 24.3 Å². The van der Waals surface area contributed by atoms with Gasteiger partial charge in [0.05, 0.1) is 6.04 Å². The van der Waals surface area contributed by atoms with E-state index in [0.29, 0.717) is 38.8 Å². The van der Waals surface area contributed by atoms with E-state index in [1.165, 1.54) is 6.92 Å². The Kier molecular flexibility index (Phi) is 8.84. The van der Waals surface area contributed by atoms with Gasteiger partial charge in [-0.25, -0.2) is 0 Å². The Bertz CT molecular complexity index is 608. The SMILES string of the molecule is CC(NC(=O)C(CCCCN)NC(=O)C1CCCN1C(=O)C1CCCN1)C(=O)O. The van der Waals surface area contributed by atoms with Gasteiger partial charge in [0.15, 0.2) is 0 Å². The van der Waals surface area contributed by atoms with Gasteiger partial charge < -0.3 is 31.7 Å². The minimum absolute atomic E-state index is 0.0659. The third kappa shape index (κ3) is 6.40. The molecule has 0 bridgehead atoms. The van der Waals surface area contributed by atoms with Gasteiger partial charge in [0.2, 0.25) is 17.7 Å². The van der Waals surface area contributed by atoms with Gasteiger partial charge in [-0.2, -0.15) is 0 Å². The molecule has 164 valence electrons. The van der Waals surface area contributed by atoms with E-state index in [9.17, 15) is 19.2 Å². The summed E-state index contributed by atoms with van der Waals surface area (Å²) >= 11 is 0. The standard InChI is InChI=1S/C19H33N5O5/c1-12(19(28)29)22-16(25)13(6-2-3-9-20)23-17(26)15-8-5-11-24(15)18(27)14-7-4-10-21-14/h12-15,21H,2-11,20H2,1H3,(H,22,25)(H,23,26)(H,28,29). The number of rotatable bonds is 10. The molecule has 10 heteroatoms. The molecule has 2 aliphatic rings. The molecule has 0 aromatic rings. The Morgan fingerprint density at radius 1 is 1.17 bits per heavy atom. The van der Waals surface area contributed by atoms with Crippen molar-refractivity contribution >= 4 is 23.7 Å². The van der Waals surface area contributed by atoms with E-state index in [2.05, 4.69) is 16.0 Å².